The molecule has 0 aromatic heterocycles. The van der Waals surface area contributed by atoms with Crippen LogP contribution in [0.2, 0.25) is 10.0 Å². The number of benzene rings is 2. The Morgan fingerprint density at radius 2 is 1.61 bits per heavy atom. The van der Waals surface area contributed by atoms with Gasteiger partial charge in [0.05, 0.1) is 5.02 Å². The third kappa shape index (κ3) is 4.67. The van der Waals surface area contributed by atoms with E-state index in [4.69, 9.17) is 27.9 Å². The molecule has 3 aliphatic carbocycles. The molecule has 0 heterocycles. The summed E-state index contributed by atoms with van der Waals surface area (Å²) in [6, 6.07) is 10.7. The zero-order chi connectivity index (χ0) is 22.2. The first-order chi connectivity index (χ1) is 14.7. The van der Waals surface area contributed by atoms with Crippen LogP contribution < -0.4 is 15.4 Å². The molecule has 0 atom stereocenters. The highest BCUT2D eigenvalue weighted by atomic mass is 35.5. The minimum atomic E-state index is -0.623. The maximum atomic E-state index is 13.4. The summed E-state index contributed by atoms with van der Waals surface area (Å²) in [6.45, 7) is -0.262. The van der Waals surface area contributed by atoms with Gasteiger partial charge in [-0.05, 0) is 49.1 Å². The van der Waals surface area contributed by atoms with Crippen LogP contribution in [0.25, 0.3) is 0 Å². The molecule has 3 aliphatic rings. The van der Waals surface area contributed by atoms with Crippen LogP contribution in [0.3, 0.4) is 0 Å². The molecule has 6 nitrogen and oxygen atoms in total. The molecule has 9 heteroatoms. The normalized spacial score (nSPS) is 23.2. The van der Waals surface area contributed by atoms with Gasteiger partial charge < -0.3 is 15.4 Å². The van der Waals surface area contributed by atoms with E-state index in [0.29, 0.717) is 29.8 Å². The number of nitrogens with one attached hydrogen (secondary N) is 2. The van der Waals surface area contributed by atoms with E-state index in [2.05, 4.69) is 10.6 Å². The van der Waals surface area contributed by atoms with Gasteiger partial charge in [-0.25, -0.2) is 4.39 Å². The number of ketones is 1. The predicted molar refractivity (Wildman–Crippen MR) is 113 cm³/mol. The molecule has 0 radical (unpaired) electrons. The van der Waals surface area contributed by atoms with Crippen molar-refractivity contribution < 1.29 is 23.5 Å². The maximum Gasteiger partial charge on any atom is 0.288 e. The molecule has 2 aromatic carbocycles. The third-order valence-corrected chi connectivity index (χ3v) is 6.16. The minimum absolute atomic E-state index is 0.00356. The number of rotatable bonds is 8. The monoisotopic (exact) mass is 464 g/mol. The third-order valence-electron chi connectivity index (χ3n) is 5.61. The van der Waals surface area contributed by atoms with E-state index >= 15 is 0 Å². The first-order valence-electron chi connectivity index (χ1n) is 9.66. The highest BCUT2D eigenvalue weighted by molar-refractivity contribution is 6.37. The van der Waals surface area contributed by atoms with Crippen molar-refractivity contribution in [1.29, 1.82) is 0 Å². The molecule has 0 spiro atoms. The van der Waals surface area contributed by atoms with Crippen molar-refractivity contribution in [3.63, 3.8) is 0 Å². The summed E-state index contributed by atoms with van der Waals surface area (Å²) < 4.78 is 18.7. The molecule has 0 aliphatic heterocycles. The number of hydrogen-bond acceptors (Lipinski definition) is 4. The summed E-state index contributed by atoms with van der Waals surface area (Å²) in [5, 5.41) is 6.24. The molecule has 5 rings (SSSR count). The summed E-state index contributed by atoms with van der Waals surface area (Å²) in [7, 11) is 0. The number of ether oxygens (including phenoxy) is 1. The molecular formula is C22H19Cl2FN2O4. The molecule has 2 aromatic rings. The largest absolute Gasteiger partial charge is 0.484 e. The lowest BCUT2D eigenvalue weighted by molar-refractivity contribution is -0.155. The van der Waals surface area contributed by atoms with Crippen LogP contribution in [0, 0.1) is 5.82 Å². The number of Topliss-reactive ketones (excluding diaryl/α,β-unsaturated/α-hetero) is 1. The Morgan fingerprint density at radius 3 is 2.26 bits per heavy atom. The second-order valence-corrected chi connectivity index (χ2v) is 9.03. The second-order valence-electron chi connectivity index (χ2n) is 8.18. The lowest BCUT2D eigenvalue weighted by atomic mass is 9.44. The second kappa shape index (κ2) is 8.13. The molecule has 2 N–H and O–H groups in total. The zero-order valence-corrected chi connectivity index (χ0v) is 17.9. The van der Waals surface area contributed by atoms with Crippen LogP contribution in [0.1, 0.15) is 24.8 Å². The SMILES string of the molecule is O=C(COc1ccc(Cl)c(F)c1)NC12CC(NC(=O)C(=O)Cc3ccc(Cl)cc3)(C1)C2. The highest BCUT2D eigenvalue weighted by Gasteiger charge is 2.69. The smallest absolute Gasteiger partial charge is 0.288 e. The fourth-order valence-corrected chi connectivity index (χ4v) is 4.52. The van der Waals surface area contributed by atoms with Crippen LogP contribution in [0.5, 0.6) is 5.75 Å². The quantitative estimate of drug-likeness (QED) is 0.587. The Hall–Kier alpha value is -2.64. The van der Waals surface area contributed by atoms with E-state index in [1.54, 1.807) is 24.3 Å². The Kier molecular flexibility index (Phi) is 5.66. The van der Waals surface area contributed by atoms with Crippen LogP contribution in [-0.4, -0.2) is 35.3 Å². The van der Waals surface area contributed by atoms with Crippen molar-refractivity contribution in [3.8, 4) is 5.75 Å². The van der Waals surface area contributed by atoms with Gasteiger partial charge in [0, 0.05) is 28.6 Å². The van der Waals surface area contributed by atoms with Gasteiger partial charge in [0.25, 0.3) is 11.8 Å². The van der Waals surface area contributed by atoms with Crippen LogP contribution in [-0.2, 0) is 20.8 Å². The maximum absolute atomic E-state index is 13.4. The van der Waals surface area contributed by atoms with E-state index < -0.39 is 28.6 Å². The number of carbonyl (C=O) groups excluding carboxylic acids is 3. The zero-order valence-electron chi connectivity index (χ0n) is 16.3. The lowest BCUT2D eigenvalue weighted by Crippen LogP contribution is -2.84. The van der Waals surface area contributed by atoms with Crippen LogP contribution in [0.4, 0.5) is 4.39 Å². The summed E-state index contributed by atoms with van der Waals surface area (Å²) in [6.07, 6.45) is 1.67. The highest BCUT2D eigenvalue weighted by Crippen LogP contribution is 2.60. The van der Waals surface area contributed by atoms with Gasteiger partial charge in [-0.15, -0.1) is 0 Å². The summed E-state index contributed by atoms with van der Waals surface area (Å²) in [5.41, 5.74) is -0.121. The molecule has 3 fully saturated rings. The molecular weight excluding hydrogens is 446 g/mol. The molecule has 2 bridgehead atoms. The number of hydrogen-bond donors (Lipinski definition) is 2. The van der Waals surface area contributed by atoms with Crippen molar-refractivity contribution in [1.82, 2.24) is 10.6 Å². The summed E-state index contributed by atoms with van der Waals surface area (Å²) in [5.74, 6) is -1.90. The van der Waals surface area contributed by atoms with Crippen LogP contribution >= 0.6 is 23.2 Å². The molecule has 0 unspecified atom stereocenters. The van der Waals surface area contributed by atoms with Crippen LogP contribution in [0.15, 0.2) is 42.5 Å². The van der Waals surface area contributed by atoms with E-state index in [1.807, 2.05) is 0 Å². The van der Waals surface area contributed by atoms with Gasteiger partial charge in [-0.2, -0.15) is 0 Å². The number of amides is 2. The molecule has 3 saturated carbocycles. The average molecular weight is 465 g/mol. The van der Waals surface area contributed by atoms with Gasteiger partial charge in [0.15, 0.2) is 6.61 Å². The average Bonchev–Trinajstić information content (AvgIpc) is 2.68. The fraction of sp³-hybridized carbons (Fsp3) is 0.318. The van der Waals surface area contributed by atoms with Crippen molar-refractivity contribution in [2.45, 2.75) is 36.8 Å². The van der Waals surface area contributed by atoms with E-state index in [0.717, 1.165) is 6.07 Å². The standard InChI is InChI=1S/C22H19Cl2FN2O4/c23-14-3-1-13(2-4-14)7-18(28)20(30)27-22-10-21(11-22,12-22)26-19(29)9-31-15-5-6-16(24)17(25)8-15/h1-6,8H,7,9-12H2,(H,26,29)(H,27,30). The van der Waals surface area contributed by atoms with Gasteiger partial charge >= 0.3 is 0 Å². The molecule has 162 valence electrons. The van der Waals surface area contributed by atoms with Crippen molar-refractivity contribution in [2.75, 3.05) is 6.61 Å². The first-order valence-corrected chi connectivity index (χ1v) is 10.4. The van der Waals surface area contributed by atoms with Crippen molar-refractivity contribution in [3.05, 3.63) is 63.9 Å². The Balaban J connectivity index is 1.20. The molecule has 2 amide bonds. The fourth-order valence-electron chi connectivity index (χ4n) is 4.28. The van der Waals surface area contributed by atoms with Gasteiger partial charge in [-0.1, -0.05) is 35.3 Å². The van der Waals surface area contributed by atoms with E-state index in [9.17, 15) is 18.8 Å². The van der Waals surface area contributed by atoms with Gasteiger partial charge in [0.1, 0.15) is 11.6 Å². The Labute approximate surface area is 188 Å². The van der Waals surface area contributed by atoms with Gasteiger partial charge in [0.2, 0.25) is 5.78 Å². The van der Waals surface area contributed by atoms with Crippen molar-refractivity contribution in [2.24, 2.45) is 0 Å². The molecule has 0 saturated heterocycles. The van der Waals surface area contributed by atoms with E-state index in [-0.39, 0.29) is 29.7 Å². The van der Waals surface area contributed by atoms with E-state index in [1.165, 1.54) is 12.1 Å². The molecule has 31 heavy (non-hydrogen) atoms. The summed E-state index contributed by atoms with van der Waals surface area (Å²) in [4.78, 5) is 36.6. The Morgan fingerprint density at radius 1 is 0.968 bits per heavy atom. The van der Waals surface area contributed by atoms with Crippen molar-refractivity contribution >= 4 is 40.8 Å². The Bertz CT molecular complexity index is 1040. The lowest BCUT2D eigenvalue weighted by Gasteiger charge is -2.70. The minimum Gasteiger partial charge on any atom is -0.484 e. The topological polar surface area (TPSA) is 84.5 Å². The van der Waals surface area contributed by atoms with Gasteiger partial charge in [-0.3, -0.25) is 14.4 Å². The first kappa shape index (κ1) is 21.6. The number of carbonyl (C=O) groups is 3. The summed E-state index contributed by atoms with van der Waals surface area (Å²) >= 11 is 11.4. The number of halogens is 3. The predicted octanol–water partition coefficient (Wildman–Crippen LogP) is 3.23.